The molecular weight excluding hydrogens is 434 g/mol. The Hall–Kier alpha value is -2.04. The summed E-state index contributed by atoms with van der Waals surface area (Å²) < 4.78 is 38.7. The van der Waals surface area contributed by atoms with Crippen molar-refractivity contribution in [3.8, 4) is 5.75 Å². The van der Waals surface area contributed by atoms with Gasteiger partial charge in [0.25, 0.3) is 5.91 Å². The van der Waals surface area contributed by atoms with Crippen molar-refractivity contribution >= 4 is 39.3 Å². The van der Waals surface area contributed by atoms with E-state index >= 15 is 0 Å². The molecule has 0 bridgehead atoms. The molecule has 1 fully saturated rings. The van der Waals surface area contributed by atoms with E-state index in [0.717, 1.165) is 6.42 Å². The molecule has 0 spiro atoms. The number of fused-ring (bicyclic) bond motifs is 1. The third-order valence-electron chi connectivity index (χ3n) is 4.71. The van der Waals surface area contributed by atoms with Crippen molar-refractivity contribution in [2.75, 3.05) is 25.0 Å². The van der Waals surface area contributed by atoms with E-state index in [2.05, 4.69) is 10.6 Å². The van der Waals surface area contributed by atoms with Gasteiger partial charge in [0.1, 0.15) is 16.2 Å². The number of ether oxygens (including phenoxy) is 2. The predicted molar refractivity (Wildman–Crippen MR) is 111 cm³/mol. The average molecular weight is 460 g/mol. The maximum Gasteiger partial charge on any atom is 0.407 e. The molecule has 1 atom stereocenters. The summed E-state index contributed by atoms with van der Waals surface area (Å²) >= 11 is 6.26. The van der Waals surface area contributed by atoms with E-state index in [4.69, 9.17) is 21.1 Å². The third kappa shape index (κ3) is 5.16. The normalized spacial score (nSPS) is 20.0. The molecule has 2 heterocycles. The molecule has 1 unspecified atom stereocenters. The van der Waals surface area contributed by atoms with Gasteiger partial charge in [0, 0.05) is 25.2 Å². The Kier molecular flexibility index (Phi) is 6.49. The van der Waals surface area contributed by atoms with Crippen LogP contribution in [0.5, 0.6) is 5.75 Å². The van der Waals surface area contributed by atoms with Gasteiger partial charge in [0.2, 0.25) is 10.0 Å². The van der Waals surface area contributed by atoms with Gasteiger partial charge in [-0.2, -0.15) is 4.31 Å². The fourth-order valence-corrected chi connectivity index (χ4v) is 5.63. The van der Waals surface area contributed by atoms with Crippen molar-refractivity contribution in [1.82, 2.24) is 9.62 Å². The fourth-order valence-electron chi connectivity index (χ4n) is 3.42. The van der Waals surface area contributed by atoms with Crippen LogP contribution < -0.4 is 15.4 Å². The van der Waals surface area contributed by atoms with Crippen LogP contribution in [0.3, 0.4) is 0 Å². The van der Waals surface area contributed by atoms with Crippen molar-refractivity contribution < 1.29 is 27.5 Å². The zero-order valence-electron chi connectivity index (χ0n) is 17.2. The smallest absolute Gasteiger partial charge is 0.407 e. The summed E-state index contributed by atoms with van der Waals surface area (Å²) in [4.78, 5) is 23.4. The van der Waals surface area contributed by atoms with Gasteiger partial charge >= 0.3 is 6.09 Å². The van der Waals surface area contributed by atoms with Gasteiger partial charge in [-0.05, 0) is 39.7 Å². The van der Waals surface area contributed by atoms with Gasteiger partial charge < -0.3 is 20.1 Å². The van der Waals surface area contributed by atoms with Crippen molar-refractivity contribution in [3.63, 3.8) is 0 Å². The first kappa shape index (κ1) is 22.6. The number of nitrogens with zero attached hydrogens (tertiary/aromatic N) is 1. The molecule has 3 rings (SSSR count). The topological polar surface area (TPSA) is 114 Å². The summed E-state index contributed by atoms with van der Waals surface area (Å²) in [6.45, 7) is 5.52. The molecule has 30 heavy (non-hydrogen) atoms. The minimum atomic E-state index is -3.96. The maximum atomic E-state index is 13.4. The first-order valence-corrected chi connectivity index (χ1v) is 11.5. The molecule has 1 saturated heterocycles. The molecule has 0 aromatic heterocycles. The van der Waals surface area contributed by atoms with Crippen LogP contribution in [0.25, 0.3) is 0 Å². The lowest BCUT2D eigenvalue weighted by Gasteiger charge is -2.35. The van der Waals surface area contributed by atoms with E-state index in [0.29, 0.717) is 25.1 Å². The Balaban J connectivity index is 1.81. The predicted octanol–water partition coefficient (Wildman–Crippen LogP) is 2.74. The average Bonchev–Trinajstić information content (AvgIpc) is 2.64. The fraction of sp³-hybridized carbons (Fsp3) is 0.579. The lowest BCUT2D eigenvalue weighted by atomic mass is 10.1. The van der Waals surface area contributed by atoms with E-state index in [9.17, 15) is 18.0 Å². The second-order valence-corrected chi connectivity index (χ2v) is 10.5. The van der Waals surface area contributed by atoms with E-state index in [1.807, 2.05) is 0 Å². The number of hydrogen-bond donors (Lipinski definition) is 2. The van der Waals surface area contributed by atoms with Gasteiger partial charge in [-0.25, -0.2) is 13.2 Å². The number of nitrogens with one attached hydrogen (secondary N) is 2. The molecule has 2 N–H and O–H groups in total. The lowest BCUT2D eigenvalue weighted by molar-refractivity contribution is -0.118. The molecule has 11 heteroatoms. The van der Waals surface area contributed by atoms with E-state index in [1.54, 1.807) is 20.8 Å². The Bertz CT molecular complexity index is 944. The van der Waals surface area contributed by atoms with Crippen LogP contribution in [0.4, 0.5) is 10.5 Å². The minimum Gasteiger partial charge on any atom is -0.482 e. The summed E-state index contributed by atoms with van der Waals surface area (Å²) in [5, 5.41) is 5.25. The Morgan fingerprint density at radius 2 is 2.10 bits per heavy atom. The number of rotatable bonds is 4. The molecule has 1 aromatic rings. The molecule has 2 aliphatic heterocycles. The summed E-state index contributed by atoms with van der Waals surface area (Å²) in [5.41, 5.74) is -0.314. The zero-order chi connectivity index (χ0) is 22.1. The van der Waals surface area contributed by atoms with Gasteiger partial charge in [-0.15, -0.1) is 0 Å². The monoisotopic (exact) mass is 459 g/mol. The molecule has 166 valence electrons. The summed E-state index contributed by atoms with van der Waals surface area (Å²) in [5.74, 6) is -0.0866. The number of carbonyl (C=O) groups excluding carboxylic acids is 2. The number of hydrogen-bond acceptors (Lipinski definition) is 6. The van der Waals surface area contributed by atoms with Gasteiger partial charge in [-0.3, -0.25) is 4.79 Å². The summed E-state index contributed by atoms with van der Waals surface area (Å²) in [7, 11) is -3.96. The Labute approximate surface area is 181 Å². The third-order valence-corrected chi connectivity index (χ3v) is 7.12. The molecule has 2 amide bonds. The number of sulfonamides is 1. The molecule has 9 nitrogen and oxygen atoms in total. The van der Waals surface area contributed by atoms with Gasteiger partial charge in [0.15, 0.2) is 6.61 Å². The quantitative estimate of drug-likeness (QED) is 0.715. The molecule has 0 aliphatic carbocycles. The summed E-state index contributed by atoms with van der Waals surface area (Å²) in [6.07, 6.45) is 1.56. The van der Waals surface area contributed by atoms with Gasteiger partial charge in [-0.1, -0.05) is 18.0 Å². The van der Waals surface area contributed by atoms with Crippen LogP contribution in [0.2, 0.25) is 5.02 Å². The molecule has 2 aliphatic rings. The number of amides is 2. The van der Waals surface area contributed by atoms with E-state index in [-0.39, 0.29) is 34.7 Å². The number of alkyl carbamates (subject to hydrolysis) is 1. The van der Waals surface area contributed by atoms with Crippen molar-refractivity contribution in [1.29, 1.82) is 0 Å². The van der Waals surface area contributed by atoms with Crippen LogP contribution in [-0.4, -0.2) is 56.1 Å². The van der Waals surface area contributed by atoms with Crippen molar-refractivity contribution in [3.05, 3.63) is 17.2 Å². The number of anilines is 1. The van der Waals surface area contributed by atoms with Crippen molar-refractivity contribution in [2.24, 2.45) is 0 Å². The first-order chi connectivity index (χ1) is 14.0. The highest BCUT2D eigenvalue weighted by Gasteiger charge is 2.36. The second-order valence-electron chi connectivity index (χ2n) is 8.26. The zero-order valence-corrected chi connectivity index (χ0v) is 18.7. The molecule has 1 aromatic carbocycles. The first-order valence-electron chi connectivity index (χ1n) is 9.72. The molecule has 0 radical (unpaired) electrons. The highest BCUT2D eigenvalue weighted by Crippen LogP contribution is 2.38. The highest BCUT2D eigenvalue weighted by atomic mass is 35.5. The van der Waals surface area contributed by atoms with E-state index < -0.39 is 27.8 Å². The van der Waals surface area contributed by atoms with Crippen LogP contribution >= 0.6 is 11.6 Å². The largest absolute Gasteiger partial charge is 0.482 e. The number of carbonyl (C=O) groups is 2. The number of benzene rings is 1. The van der Waals surface area contributed by atoms with Gasteiger partial charge in [0.05, 0.1) is 10.7 Å². The molecule has 0 saturated carbocycles. The molecular formula is C19H26ClN3O6S. The number of halogens is 1. The van der Waals surface area contributed by atoms with Crippen molar-refractivity contribution in [2.45, 2.75) is 56.6 Å². The Morgan fingerprint density at radius 1 is 1.37 bits per heavy atom. The minimum absolute atomic E-state index is 0.0102. The van der Waals surface area contributed by atoms with E-state index in [1.165, 1.54) is 16.4 Å². The maximum absolute atomic E-state index is 13.4. The van der Waals surface area contributed by atoms with Crippen LogP contribution in [0.15, 0.2) is 17.0 Å². The van der Waals surface area contributed by atoms with Crippen LogP contribution in [0, 0.1) is 0 Å². The standard InChI is InChI=1S/C19H26ClN3O6S/c1-19(2,3)29-18(25)21-10-12-6-4-5-7-23(12)30(26,27)16-9-15-14(8-13(16)20)22-17(24)11-28-15/h8-9,12H,4-7,10-11H2,1-3H3,(H,21,25)(H,22,24). The van der Waals surface area contributed by atoms with Crippen LogP contribution in [-0.2, 0) is 19.6 Å². The SMILES string of the molecule is CC(C)(C)OC(=O)NCC1CCCCN1S(=O)(=O)c1cc2c(cc1Cl)NC(=O)CO2. The lowest BCUT2D eigenvalue weighted by Crippen LogP contribution is -2.49. The summed E-state index contributed by atoms with van der Waals surface area (Å²) in [6, 6.07) is 2.28. The van der Waals surface area contributed by atoms with Crippen LogP contribution in [0.1, 0.15) is 40.0 Å². The highest BCUT2D eigenvalue weighted by molar-refractivity contribution is 7.89. The second kappa shape index (κ2) is 8.60. The number of piperidine rings is 1. The Morgan fingerprint density at radius 3 is 2.80 bits per heavy atom.